The highest BCUT2D eigenvalue weighted by molar-refractivity contribution is 5.75. The van der Waals surface area contributed by atoms with E-state index in [2.05, 4.69) is 15.5 Å². The Morgan fingerprint density at radius 1 is 1.59 bits per heavy atom. The number of imidazole rings is 1. The molecule has 1 aliphatic rings. The lowest BCUT2D eigenvalue weighted by Crippen LogP contribution is -2.44. The summed E-state index contributed by atoms with van der Waals surface area (Å²) in [5.41, 5.74) is 0.843. The van der Waals surface area contributed by atoms with Gasteiger partial charge < -0.3 is 19.3 Å². The second-order valence-corrected chi connectivity index (χ2v) is 5.83. The van der Waals surface area contributed by atoms with Crippen molar-refractivity contribution in [3.05, 3.63) is 36.2 Å². The van der Waals surface area contributed by atoms with Gasteiger partial charge in [0.25, 0.3) is 0 Å². The van der Waals surface area contributed by atoms with E-state index < -0.39 is 0 Å². The Morgan fingerprint density at radius 2 is 2.45 bits per heavy atom. The third kappa shape index (κ3) is 3.13. The van der Waals surface area contributed by atoms with Crippen LogP contribution in [0.1, 0.15) is 37.3 Å². The van der Waals surface area contributed by atoms with Crippen molar-refractivity contribution in [2.45, 2.75) is 45.3 Å². The van der Waals surface area contributed by atoms with E-state index in [0.717, 1.165) is 30.8 Å². The first-order chi connectivity index (χ1) is 10.6. The monoisotopic (exact) mass is 303 g/mol. The van der Waals surface area contributed by atoms with Crippen LogP contribution in [0, 0.1) is 6.92 Å². The van der Waals surface area contributed by atoms with Gasteiger partial charge in [-0.15, -0.1) is 0 Å². The predicted molar refractivity (Wildman–Crippen MR) is 80.1 cm³/mol. The van der Waals surface area contributed by atoms with Gasteiger partial charge in [-0.2, -0.15) is 0 Å². The van der Waals surface area contributed by atoms with E-state index in [9.17, 15) is 4.79 Å². The molecule has 3 rings (SSSR count). The van der Waals surface area contributed by atoms with Crippen molar-refractivity contribution in [2.75, 3.05) is 6.54 Å². The Hall–Kier alpha value is -2.31. The van der Waals surface area contributed by atoms with Crippen molar-refractivity contribution >= 4 is 6.03 Å². The van der Waals surface area contributed by atoms with Gasteiger partial charge in [-0.3, -0.25) is 0 Å². The lowest BCUT2D eigenvalue weighted by Gasteiger charge is -2.25. The molecule has 0 aliphatic carbocycles. The second-order valence-electron chi connectivity index (χ2n) is 5.83. The van der Waals surface area contributed by atoms with E-state index in [4.69, 9.17) is 4.52 Å². The highest BCUT2D eigenvalue weighted by atomic mass is 16.5. The van der Waals surface area contributed by atoms with E-state index in [1.807, 2.05) is 35.6 Å². The number of urea groups is 1. The number of amides is 2. The largest absolute Gasteiger partial charge is 0.359 e. The van der Waals surface area contributed by atoms with Crippen molar-refractivity contribution in [3.63, 3.8) is 0 Å². The Bertz CT molecular complexity index is 622. The quantitative estimate of drug-likeness (QED) is 0.938. The first kappa shape index (κ1) is 14.6. The minimum atomic E-state index is -0.0517. The fourth-order valence-corrected chi connectivity index (χ4v) is 2.90. The lowest BCUT2D eigenvalue weighted by atomic mass is 10.1. The van der Waals surface area contributed by atoms with Crippen LogP contribution in [0.3, 0.4) is 0 Å². The lowest BCUT2D eigenvalue weighted by molar-refractivity contribution is 0.178. The first-order valence-electron chi connectivity index (χ1n) is 7.59. The van der Waals surface area contributed by atoms with E-state index >= 15 is 0 Å². The van der Waals surface area contributed by atoms with Crippen molar-refractivity contribution in [1.82, 2.24) is 24.9 Å². The summed E-state index contributed by atoms with van der Waals surface area (Å²) in [6, 6.07) is 1.87. The average Bonchev–Trinajstić information content (AvgIpc) is 3.17. The first-order valence-corrected chi connectivity index (χ1v) is 7.59. The number of rotatable bonds is 4. The molecule has 0 spiro atoms. The van der Waals surface area contributed by atoms with Gasteiger partial charge in [0, 0.05) is 37.6 Å². The molecule has 2 atom stereocenters. The molecule has 0 saturated carbocycles. The molecule has 0 aromatic carbocycles. The smallest absolute Gasteiger partial charge is 0.318 e. The summed E-state index contributed by atoms with van der Waals surface area (Å²) in [7, 11) is 0. The number of likely N-dealkylation sites (tertiary alicyclic amines) is 1. The third-order valence-corrected chi connectivity index (χ3v) is 3.90. The van der Waals surface area contributed by atoms with Gasteiger partial charge in [0.2, 0.25) is 0 Å². The molecule has 0 bridgehead atoms. The minimum absolute atomic E-state index is 0.0124. The van der Waals surface area contributed by atoms with Crippen molar-refractivity contribution in [2.24, 2.45) is 0 Å². The maximum Gasteiger partial charge on any atom is 0.318 e. The number of aromatic nitrogens is 3. The van der Waals surface area contributed by atoms with Crippen LogP contribution in [-0.4, -0.2) is 38.2 Å². The van der Waals surface area contributed by atoms with Gasteiger partial charge >= 0.3 is 6.03 Å². The number of carbonyl (C=O) groups excluding carboxylic acids is 1. The zero-order chi connectivity index (χ0) is 15.5. The summed E-state index contributed by atoms with van der Waals surface area (Å²) in [6.45, 7) is 5.32. The minimum Gasteiger partial charge on any atom is -0.359 e. The highest BCUT2D eigenvalue weighted by Crippen LogP contribution is 2.32. The van der Waals surface area contributed by atoms with E-state index in [1.54, 1.807) is 12.5 Å². The van der Waals surface area contributed by atoms with E-state index in [1.165, 1.54) is 0 Å². The highest BCUT2D eigenvalue weighted by Gasteiger charge is 2.33. The summed E-state index contributed by atoms with van der Waals surface area (Å²) >= 11 is 0. The van der Waals surface area contributed by atoms with Gasteiger partial charge in [-0.1, -0.05) is 5.16 Å². The molecule has 3 heterocycles. The van der Waals surface area contributed by atoms with Gasteiger partial charge in [0.05, 0.1) is 18.1 Å². The fraction of sp³-hybridized carbons (Fsp3) is 0.533. The SMILES string of the molecule is Cc1cc([C@H]2CCCN2C(=O)N[C@H](C)Cn2ccnc2)on1. The third-order valence-electron chi connectivity index (χ3n) is 3.90. The molecule has 1 saturated heterocycles. The summed E-state index contributed by atoms with van der Waals surface area (Å²) in [5, 5.41) is 6.97. The predicted octanol–water partition coefficient (Wildman–Crippen LogP) is 2.11. The van der Waals surface area contributed by atoms with Crippen LogP contribution in [-0.2, 0) is 6.54 Å². The molecule has 2 amide bonds. The number of aryl methyl sites for hydroxylation is 1. The summed E-state index contributed by atoms with van der Waals surface area (Å²) in [4.78, 5) is 18.3. The maximum absolute atomic E-state index is 12.5. The van der Waals surface area contributed by atoms with Crippen LogP contribution in [0.5, 0.6) is 0 Å². The molecule has 118 valence electrons. The van der Waals surface area contributed by atoms with Crippen molar-refractivity contribution in [1.29, 1.82) is 0 Å². The molecule has 7 heteroatoms. The average molecular weight is 303 g/mol. The number of nitrogens with one attached hydrogen (secondary N) is 1. The van der Waals surface area contributed by atoms with Crippen LogP contribution < -0.4 is 5.32 Å². The van der Waals surface area contributed by atoms with Crippen LogP contribution >= 0.6 is 0 Å². The number of nitrogens with zero attached hydrogens (tertiary/aromatic N) is 4. The molecule has 1 aliphatic heterocycles. The molecule has 7 nitrogen and oxygen atoms in total. The molecule has 0 unspecified atom stereocenters. The molecule has 2 aromatic rings. The fourth-order valence-electron chi connectivity index (χ4n) is 2.90. The van der Waals surface area contributed by atoms with Crippen molar-refractivity contribution < 1.29 is 9.32 Å². The normalized spacial score (nSPS) is 19.4. The molecular formula is C15H21N5O2. The van der Waals surface area contributed by atoms with Crippen LogP contribution in [0.4, 0.5) is 4.79 Å². The second kappa shape index (κ2) is 6.21. The van der Waals surface area contributed by atoms with Gasteiger partial charge in [0.15, 0.2) is 5.76 Å². The number of hydrogen-bond donors (Lipinski definition) is 1. The Balaban J connectivity index is 1.61. The maximum atomic E-state index is 12.5. The van der Waals surface area contributed by atoms with Crippen LogP contribution in [0.2, 0.25) is 0 Å². The Morgan fingerprint density at radius 3 is 3.14 bits per heavy atom. The van der Waals surface area contributed by atoms with E-state index in [0.29, 0.717) is 6.54 Å². The van der Waals surface area contributed by atoms with Gasteiger partial charge in [-0.05, 0) is 26.7 Å². The van der Waals surface area contributed by atoms with Gasteiger partial charge in [-0.25, -0.2) is 9.78 Å². The Kier molecular flexibility index (Phi) is 4.13. The summed E-state index contributed by atoms with van der Waals surface area (Å²) < 4.78 is 7.29. The topological polar surface area (TPSA) is 76.2 Å². The Labute approximate surface area is 129 Å². The molecule has 1 N–H and O–H groups in total. The molecule has 2 aromatic heterocycles. The molecule has 0 radical (unpaired) electrons. The zero-order valence-corrected chi connectivity index (χ0v) is 12.9. The van der Waals surface area contributed by atoms with Gasteiger partial charge in [0.1, 0.15) is 0 Å². The molecule has 22 heavy (non-hydrogen) atoms. The van der Waals surface area contributed by atoms with Crippen LogP contribution in [0.15, 0.2) is 29.3 Å². The number of carbonyl (C=O) groups is 1. The number of hydrogen-bond acceptors (Lipinski definition) is 4. The molecule has 1 fully saturated rings. The van der Waals surface area contributed by atoms with E-state index in [-0.39, 0.29) is 18.1 Å². The van der Waals surface area contributed by atoms with Crippen LogP contribution in [0.25, 0.3) is 0 Å². The summed E-state index contributed by atoms with van der Waals surface area (Å²) in [6.07, 6.45) is 7.26. The summed E-state index contributed by atoms with van der Waals surface area (Å²) in [5.74, 6) is 0.771. The molecular weight excluding hydrogens is 282 g/mol. The standard InChI is InChI=1S/C15H21N5O2/c1-11-8-14(22-18-11)13-4-3-6-20(13)15(21)17-12(2)9-19-7-5-16-10-19/h5,7-8,10,12-13H,3-4,6,9H2,1-2H3,(H,17,21)/t12-,13-/m1/s1. The zero-order valence-electron chi connectivity index (χ0n) is 12.9. The van der Waals surface area contributed by atoms with Crippen molar-refractivity contribution in [3.8, 4) is 0 Å².